The number of halogens is 1. The highest BCUT2D eigenvalue weighted by atomic mass is 79.9. The summed E-state index contributed by atoms with van der Waals surface area (Å²) in [6.07, 6.45) is 0. The molecule has 1 N–H and O–H groups in total. The van der Waals surface area contributed by atoms with Crippen LogP contribution in [0.3, 0.4) is 0 Å². The first-order valence-electron chi connectivity index (χ1n) is 5.11. The maximum Gasteiger partial charge on any atom is 0.336 e. The van der Waals surface area contributed by atoms with E-state index in [-0.39, 0.29) is 14.9 Å². The van der Waals surface area contributed by atoms with Crippen molar-refractivity contribution in [1.29, 1.82) is 10.5 Å². The van der Waals surface area contributed by atoms with Gasteiger partial charge in [0.1, 0.15) is 13.1 Å². The Bertz CT molecular complexity index is 702. The molecule has 1 rings (SSSR count). The zero-order valence-electron chi connectivity index (χ0n) is 9.95. The number of nitrogens with zero attached hydrogens (tertiary/aromatic N) is 3. The van der Waals surface area contributed by atoms with Gasteiger partial charge in [-0.3, -0.25) is 0 Å². The van der Waals surface area contributed by atoms with Gasteiger partial charge in [0.25, 0.3) is 0 Å². The van der Waals surface area contributed by atoms with Gasteiger partial charge in [0.05, 0.1) is 22.6 Å². The average Bonchev–Trinajstić information content (AvgIpc) is 2.38. The summed E-state index contributed by atoms with van der Waals surface area (Å²) in [6, 6.07) is 6.76. The van der Waals surface area contributed by atoms with Gasteiger partial charge in [0, 0.05) is 4.47 Å². The molecule has 0 aliphatic heterocycles. The molecule has 7 nitrogen and oxygen atoms in total. The normalized spacial score (nSPS) is 10.8. The fourth-order valence-electron chi connectivity index (χ4n) is 1.36. The first-order chi connectivity index (χ1) is 9.34. The van der Waals surface area contributed by atoms with Gasteiger partial charge in [-0.1, -0.05) is 0 Å². The average molecular weight is 358 g/mol. The lowest BCUT2D eigenvalue weighted by Crippen LogP contribution is -2.32. The molecule has 104 valence electrons. The standard InChI is InChI=1S/C11H8BrN3O4S/c12-10-2-1-8(7-9(10)11(16)17)20(18,19)15(5-3-13)6-4-14/h1-2,7H,5-6H2,(H,16,17). The van der Waals surface area contributed by atoms with Crippen LogP contribution in [-0.4, -0.2) is 36.9 Å². The van der Waals surface area contributed by atoms with Gasteiger partial charge in [-0.15, -0.1) is 0 Å². The second-order valence-corrected chi connectivity index (χ2v) is 6.33. The zero-order valence-corrected chi connectivity index (χ0v) is 12.3. The largest absolute Gasteiger partial charge is 0.478 e. The smallest absolute Gasteiger partial charge is 0.336 e. The molecule has 0 aliphatic rings. The highest BCUT2D eigenvalue weighted by Crippen LogP contribution is 2.23. The van der Waals surface area contributed by atoms with Crippen molar-refractivity contribution < 1.29 is 18.3 Å². The highest BCUT2D eigenvalue weighted by molar-refractivity contribution is 9.10. The molecule has 0 aromatic heterocycles. The Kier molecular flexibility index (Phi) is 5.22. The van der Waals surface area contributed by atoms with Crippen molar-refractivity contribution in [3.8, 4) is 12.1 Å². The van der Waals surface area contributed by atoms with Crippen LogP contribution < -0.4 is 0 Å². The maximum absolute atomic E-state index is 12.2. The van der Waals surface area contributed by atoms with Crippen molar-refractivity contribution in [3.63, 3.8) is 0 Å². The number of sulfonamides is 1. The third-order valence-corrected chi connectivity index (χ3v) is 4.78. The van der Waals surface area contributed by atoms with Crippen molar-refractivity contribution in [2.75, 3.05) is 13.1 Å². The monoisotopic (exact) mass is 357 g/mol. The van der Waals surface area contributed by atoms with E-state index >= 15 is 0 Å². The Labute approximate surface area is 123 Å². The van der Waals surface area contributed by atoms with E-state index in [1.165, 1.54) is 12.1 Å². The molecule has 1 aromatic rings. The van der Waals surface area contributed by atoms with Crippen molar-refractivity contribution in [1.82, 2.24) is 4.31 Å². The molecule has 0 fully saturated rings. The van der Waals surface area contributed by atoms with Gasteiger partial charge in [0.2, 0.25) is 10.0 Å². The minimum atomic E-state index is -4.09. The summed E-state index contributed by atoms with van der Waals surface area (Å²) < 4.78 is 25.3. The molecule has 0 heterocycles. The van der Waals surface area contributed by atoms with Gasteiger partial charge in [0.15, 0.2) is 0 Å². The maximum atomic E-state index is 12.2. The molecule has 0 aliphatic carbocycles. The number of hydrogen-bond acceptors (Lipinski definition) is 5. The van der Waals surface area contributed by atoms with Gasteiger partial charge in [-0.25, -0.2) is 13.2 Å². The molecular weight excluding hydrogens is 350 g/mol. The predicted octanol–water partition coefficient (Wildman–Crippen LogP) is 1.19. The number of carboxylic acids is 1. The molecule has 0 bridgehead atoms. The van der Waals surface area contributed by atoms with E-state index < -0.39 is 29.1 Å². The molecule has 0 saturated heterocycles. The molecular formula is C11H8BrN3O4S. The van der Waals surface area contributed by atoms with Crippen LogP contribution in [0.4, 0.5) is 0 Å². The van der Waals surface area contributed by atoms with E-state index in [4.69, 9.17) is 15.6 Å². The first-order valence-corrected chi connectivity index (χ1v) is 7.34. The third kappa shape index (κ3) is 3.33. The number of carboxylic acid groups (broad SMARTS) is 1. The molecule has 0 radical (unpaired) electrons. The Morgan fingerprint density at radius 1 is 1.30 bits per heavy atom. The lowest BCUT2D eigenvalue weighted by molar-refractivity contribution is 0.0695. The molecule has 0 atom stereocenters. The molecule has 9 heteroatoms. The summed E-state index contributed by atoms with van der Waals surface area (Å²) in [5.41, 5.74) is -0.222. The summed E-state index contributed by atoms with van der Waals surface area (Å²) in [7, 11) is -4.09. The fourth-order valence-corrected chi connectivity index (χ4v) is 3.04. The van der Waals surface area contributed by atoms with Crippen LogP contribution in [0.1, 0.15) is 10.4 Å². The summed E-state index contributed by atoms with van der Waals surface area (Å²) >= 11 is 3.00. The van der Waals surface area contributed by atoms with Crippen LogP contribution in [0, 0.1) is 22.7 Å². The van der Waals surface area contributed by atoms with E-state index in [0.29, 0.717) is 4.31 Å². The topological polar surface area (TPSA) is 122 Å². The van der Waals surface area contributed by atoms with E-state index in [9.17, 15) is 13.2 Å². The van der Waals surface area contributed by atoms with Crippen molar-refractivity contribution >= 4 is 31.9 Å². The summed E-state index contributed by atoms with van der Waals surface area (Å²) in [6.45, 7) is -0.983. The van der Waals surface area contributed by atoms with Gasteiger partial charge < -0.3 is 5.11 Å². The lowest BCUT2D eigenvalue weighted by Gasteiger charge is -2.16. The van der Waals surface area contributed by atoms with Crippen LogP contribution in [0.25, 0.3) is 0 Å². The number of carbonyl (C=O) groups is 1. The van der Waals surface area contributed by atoms with Crippen molar-refractivity contribution in [3.05, 3.63) is 28.2 Å². The molecule has 1 aromatic carbocycles. The Morgan fingerprint density at radius 2 is 1.85 bits per heavy atom. The minimum Gasteiger partial charge on any atom is -0.478 e. The van der Waals surface area contributed by atoms with Crippen LogP contribution >= 0.6 is 15.9 Å². The molecule has 0 unspecified atom stereocenters. The number of hydrogen-bond donors (Lipinski definition) is 1. The minimum absolute atomic E-state index is 0.222. The second-order valence-electron chi connectivity index (χ2n) is 3.54. The molecule has 20 heavy (non-hydrogen) atoms. The zero-order chi connectivity index (χ0) is 15.3. The van der Waals surface area contributed by atoms with E-state index in [0.717, 1.165) is 6.07 Å². The number of aromatic carboxylic acids is 1. The van der Waals surface area contributed by atoms with Crippen molar-refractivity contribution in [2.24, 2.45) is 0 Å². The van der Waals surface area contributed by atoms with Crippen LogP contribution in [0.2, 0.25) is 0 Å². The van der Waals surface area contributed by atoms with Crippen LogP contribution in [-0.2, 0) is 10.0 Å². The SMILES string of the molecule is N#CCN(CC#N)S(=O)(=O)c1ccc(Br)c(C(=O)O)c1. The van der Waals surface area contributed by atoms with Gasteiger partial charge in [-0.05, 0) is 34.1 Å². The second kappa shape index (κ2) is 6.48. The number of nitriles is 2. The van der Waals surface area contributed by atoms with Crippen LogP contribution in [0.15, 0.2) is 27.6 Å². The summed E-state index contributed by atoms with van der Waals surface area (Å²) in [5, 5.41) is 26.1. The molecule has 0 amide bonds. The van der Waals surface area contributed by atoms with Gasteiger partial charge >= 0.3 is 5.97 Å². The Balaban J connectivity index is 3.35. The van der Waals surface area contributed by atoms with Crippen LogP contribution in [0.5, 0.6) is 0 Å². The van der Waals surface area contributed by atoms with Crippen molar-refractivity contribution in [2.45, 2.75) is 4.90 Å². The Hall–Kier alpha value is -1.94. The summed E-state index contributed by atoms with van der Waals surface area (Å²) in [4.78, 5) is 10.7. The van der Waals surface area contributed by atoms with Gasteiger partial charge in [-0.2, -0.15) is 14.8 Å². The third-order valence-electron chi connectivity index (χ3n) is 2.30. The quantitative estimate of drug-likeness (QED) is 0.789. The molecule has 0 spiro atoms. The first kappa shape index (κ1) is 16.1. The highest BCUT2D eigenvalue weighted by Gasteiger charge is 2.25. The Morgan fingerprint density at radius 3 is 2.30 bits per heavy atom. The van der Waals surface area contributed by atoms with E-state index in [2.05, 4.69) is 15.9 Å². The lowest BCUT2D eigenvalue weighted by atomic mass is 10.2. The predicted molar refractivity (Wildman–Crippen MR) is 71.1 cm³/mol. The number of rotatable bonds is 5. The molecule has 0 saturated carbocycles. The summed E-state index contributed by atoms with van der Waals surface area (Å²) in [5.74, 6) is -1.29. The van der Waals surface area contributed by atoms with E-state index in [1.807, 2.05) is 0 Å². The van der Waals surface area contributed by atoms with E-state index in [1.54, 1.807) is 12.1 Å². The number of benzene rings is 1. The fraction of sp³-hybridized carbons (Fsp3) is 0.182.